The average molecular weight is 670 g/mol. The van der Waals surface area contributed by atoms with Crippen LogP contribution >= 0.6 is 0 Å². The van der Waals surface area contributed by atoms with E-state index in [2.05, 4.69) is 10.3 Å². The van der Waals surface area contributed by atoms with Crippen LogP contribution in [-0.2, 0) is 18.1 Å². The molecule has 3 N–H and O–H groups in total. The number of aliphatic hydroxyl groups is 2. The molecule has 1 aliphatic heterocycles. The number of fused-ring (bicyclic) bond motifs is 1. The highest BCUT2D eigenvalue weighted by atomic mass is 19.4. The molecule has 1 aliphatic rings. The molecule has 0 amide bonds. The molecule has 1 aromatic heterocycles. The lowest BCUT2D eigenvalue weighted by molar-refractivity contribution is -0.136. The van der Waals surface area contributed by atoms with E-state index in [1.165, 1.54) is 18.3 Å². The molecule has 0 saturated carbocycles. The molecule has 7 nitrogen and oxygen atoms in total. The smallest absolute Gasteiger partial charge is 0.418 e. The van der Waals surface area contributed by atoms with Gasteiger partial charge in [0, 0.05) is 30.1 Å². The zero-order valence-corrected chi connectivity index (χ0v) is 27.4. The molecule has 5 rings (SSSR count). The fourth-order valence-corrected chi connectivity index (χ4v) is 6.40. The summed E-state index contributed by atoms with van der Waals surface area (Å²) >= 11 is 0. The number of aliphatic hydroxyl groups excluding tert-OH is 2. The van der Waals surface area contributed by atoms with E-state index in [0.29, 0.717) is 61.1 Å². The predicted molar refractivity (Wildman–Crippen MR) is 176 cm³/mol. The highest BCUT2D eigenvalue weighted by molar-refractivity contribution is 5.89. The van der Waals surface area contributed by atoms with Crippen LogP contribution in [0.3, 0.4) is 0 Å². The van der Waals surface area contributed by atoms with Gasteiger partial charge in [-0.05, 0) is 68.5 Å². The first-order chi connectivity index (χ1) is 22.9. The summed E-state index contributed by atoms with van der Waals surface area (Å²) < 4.78 is 67.8. The number of nitrogens with zero attached hydrogens (tertiary/aromatic N) is 2. The molecular weight excluding hydrogens is 626 g/mol. The minimum Gasteiger partial charge on any atom is -0.493 e. The fraction of sp³-hybridized carbons (Fsp3) is 0.432. The van der Waals surface area contributed by atoms with Gasteiger partial charge in [-0.1, -0.05) is 62.2 Å². The zero-order valence-electron chi connectivity index (χ0n) is 27.4. The van der Waals surface area contributed by atoms with Crippen molar-refractivity contribution in [2.75, 3.05) is 13.2 Å². The van der Waals surface area contributed by atoms with Crippen LogP contribution < -0.4 is 14.8 Å². The van der Waals surface area contributed by atoms with Crippen LogP contribution in [0.25, 0.3) is 10.9 Å². The fourth-order valence-electron chi connectivity index (χ4n) is 6.40. The molecule has 3 unspecified atom stereocenters. The molecule has 11 heteroatoms. The number of rotatable bonds is 14. The van der Waals surface area contributed by atoms with Crippen molar-refractivity contribution in [1.29, 1.82) is 0 Å². The van der Waals surface area contributed by atoms with Crippen LogP contribution in [0.2, 0.25) is 0 Å². The van der Waals surface area contributed by atoms with E-state index in [9.17, 15) is 27.8 Å². The van der Waals surface area contributed by atoms with Gasteiger partial charge >= 0.3 is 6.18 Å². The van der Waals surface area contributed by atoms with Gasteiger partial charge in [-0.3, -0.25) is 10.3 Å². The Morgan fingerprint density at radius 3 is 2.42 bits per heavy atom. The highest BCUT2D eigenvalue weighted by Gasteiger charge is 2.50. The second-order valence-electron chi connectivity index (χ2n) is 12.5. The average Bonchev–Trinajstić information content (AvgIpc) is 3.30. The van der Waals surface area contributed by atoms with E-state index in [1.807, 2.05) is 51.1 Å². The van der Waals surface area contributed by atoms with Crippen molar-refractivity contribution in [3.63, 3.8) is 0 Å². The predicted octanol–water partition coefficient (Wildman–Crippen LogP) is 7.51. The second kappa shape index (κ2) is 15.2. The van der Waals surface area contributed by atoms with E-state index in [1.54, 1.807) is 23.1 Å². The number of benzene rings is 3. The SMILES string of the molecule is CCC1(c2ccc(OC(C)C)c(F)c2)NC(O)N(CCCCCCOc2c(Cc3ccccc3)cnc3c(C(F)(F)F)cccc23)C1O. The lowest BCUT2D eigenvalue weighted by Crippen LogP contribution is -2.47. The van der Waals surface area contributed by atoms with E-state index in [4.69, 9.17) is 9.47 Å². The number of ether oxygens (including phenoxy) is 2. The molecule has 3 atom stereocenters. The number of nitrogens with one attached hydrogen (secondary N) is 1. The van der Waals surface area contributed by atoms with Crippen molar-refractivity contribution >= 4 is 10.9 Å². The Kier molecular flexibility index (Phi) is 11.2. The molecule has 0 bridgehead atoms. The Bertz CT molecular complexity index is 1670. The van der Waals surface area contributed by atoms with Gasteiger partial charge in [0.15, 0.2) is 17.9 Å². The van der Waals surface area contributed by atoms with Crippen LogP contribution in [0.1, 0.15) is 75.1 Å². The molecule has 1 saturated heterocycles. The van der Waals surface area contributed by atoms with Gasteiger partial charge in [0.05, 0.1) is 29.3 Å². The van der Waals surface area contributed by atoms with Crippen molar-refractivity contribution in [3.05, 3.63) is 101 Å². The summed E-state index contributed by atoms with van der Waals surface area (Å²) in [7, 11) is 0. The van der Waals surface area contributed by atoms with Gasteiger partial charge in [-0.15, -0.1) is 0 Å². The third-order valence-electron chi connectivity index (χ3n) is 8.84. The van der Waals surface area contributed by atoms with Crippen LogP contribution in [0.15, 0.2) is 72.9 Å². The lowest BCUT2D eigenvalue weighted by Gasteiger charge is -2.33. The molecular formula is C37H43F4N3O4. The summed E-state index contributed by atoms with van der Waals surface area (Å²) in [6, 6.07) is 18.2. The van der Waals surface area contributed by atoms with Gasteiger partial charge in [-0.25, -0.2) is 9.29 Å². The number of halogens is 4. The number of aromatic nitrogens is 1. The van der Waals surface area contributed by atoms with Gasteiger partial charge in [-0.2, -0.15) is 13.2 Å². The monoisotopic (exact) mass is 669 g/mol. The number of pyridine rings is 1. The Morgan fingerprint density at radius 2 is 1.73 bits per heavy atom. The number of unbranched alkanes of at least 4 members (excludes halogenated alkanes) is 3. The Morgan fingerprint density at radius 1 is 0.979 bits per heavy atom. The van der Waals surface area contributed by atoms with Crippen molar-refractivity contribution in [2.45, 2.75) is 89.7 Å². The molecule has 4 aromatic rings. The summed E-state index contributed by atoms with van der Waals surface area (Å²) in [5.41, 5.74) is 0.207. The molecule has 48 heavy (non-hydrogen) atoms. The van der Waals surface area contributed by atoms with Crippen LogP contribution in [0.5, 0.6) is 11.5 Å². The summed E-state index contributed by atoms with van der Waals surface area (Å²) in [6.45, 7) is 6.18. The maximum absolute atomic E-state index is 14.8. The quantitative estimate of drug-likeness (QED) is 0.0947. The van der Waals surface area contributed by atoms with Crippen LogP contribution in [0, 0.1) is 5.82 Å². The van der Waals surface area contributed by atoms with Crippen LogP contribution in [-0.4, -0.2) is 51.9 Å². The van der Waals surface area contributed by atoms with Crippen molar-refractivity contribution in [2.24, 2.45) is 0 Å². The number of alkyl halides is 3. The van der Waals surface area contributed by atoms with Crippen molar-refractivity contribution in [1.82, 2.24) is 15.2 Å². The van der Waals surface area contributed by atoms with E-state index in [-0.39, 0.29) is 17.4 Å². The number of hydrogen-bond donors (Lipinski definition) is 3. The summed E-state index contributed by atoms with van der Waals surface area (Å²) in [5, 5.41) is 25.6. The molecule has 258 valence electrons. The standard InChI is InChI=1S/C37H43F4N3O4/c1-4-36(27-17-18-31(30(38)22-27)48-24(2)3)34(45)44(35(46)43-36)19-10-5-6-11-20-47-33-26(21-25-13-8-7-9-14-25)23-42-32-28(33)15-12-16-29(32)37(39,40)41/h7-9,12-18,22-24,34-35,43,45-46H,4-6,10-11,19-21H2,1-3H3. The molecule has 0 radical (unpaired) electrons. The molecule has 2 heterocycles. The molecule has 3 aromatic carbocycles. The first-order valence-corrected chi connectivity index (χ1v) is 16.5. The summed E-state index contributed by atoms with van der Waals surface area (Å²) in [6.07, 6.45) is -1.77. The minimum atomic E-state index is -4.54. The Balaban J connectivity index is 1.19. The van der Waals surface area contributed by atoms with Gasteiger partial charge in [0.25, 0.3) is 0 Å². The van der Waals surface area contributed by atoms with Gasteiger partial charge in [0.2, 0.25) is 0 Å². The summed E-state index contributed by atoms with van der Waals surface area (Å²) in [5.74, 6) is -0.00382. The van der Waals surface area contributed by atoms with Crippen molar-refractivity contribution < 1.29 is 37.2 Å². The second-order valence-corrected chi connectivity index (χ2v) is 12.5. The Labute approximate surface area is 278 Å². The maximum atomic E-state index is 14.8. The third kappa shape index (κ3) is 7.75. The first kappa shape index (κ1) is 35.5. The normalized spacial score (nSPS) is 20.1. The first-order valence-electron chi connectivity index (χ1n) is 16.5. The molecule has 1 fully saturated rings. The number of hydrogen-bond acceptors (Lipinski definition) is 7. The van der Waals surface area contributed by atoms with E-state index < -0.39 is 35.7 Å². The maximum Gasteiger partial charge on any atom is 0.418 e. The molecule has 0 aliphatic carbocycles. The lowest BCUT2D eigenvalue weighted by atomic mass is 9.86. The summed E-state index contributed by atoms with van der Waals surface area (Å²) in [4.78, 5) is 5.77. The van der Waals surface area contributed by atoms with Gasteiger partial charge < -0.3 is 19.7 Å². The third-order valence-corrected chi connectivity index (χ3v) is 8.84. The van der Waals surface area contributed by atoms with E-state index >= 15 is 0 Å². The largest absolute Gasteiger partial charge is 0.493 e. The van der Waals surface area contributed by atoms with Gasteiger partial charge in [0.1, 0.15) is 12.0 Å². The highest BCUT2D eigenvalue weighted by Crippen LogP contribution is 2.40. The van der Waals surface area contributed by atoms with Crippen molar-refractivity contribution in [3.8, 4) is 11.5 Å². The zero-order chi connectivity index (χ0) is 34.5. The Hall–Kier alpha value is -3.77. The number of para-hydroxylation sites is 1. The topological polar surface area (TPSA) is 87.1 Å². The minimum absolute atomic E-state index is 0.129. The molecule has 0 spiro atoms. The van der Waals surface area contributed by atoms with Crippen LogP contribution in [0.4, 0.5) is 17.6 Å². The van der Waals surface area contributed by atoms with E-state index in [0.717, 1.165) is 24.5 Å².